The number of rotatable bonds is 5. The number of carboxylic acids is 1. The molecule has 0 saturated heterocycles. The Kier molecular flexibility index (Phi) is 5.27. The number of amides is 1. The van der Waals surface area contributed by atoms with E-state index >= 15 is 0 Å². The van der Waals surface area contributed by atoms with Crippen molar-refractivity contribution in [3.8, 4) is 0 Å². The predicted molar refractivity (Wildman–Crippen MR) is 67.9 cm³/mol. The first-order valence-corrected chi connectivity index (χ1v) is 6.13. The zero-order valence-electron chi connectivity index (χ0n) is 9.82. The molecule has 1 aromatic carbocycles. The average Bonchev–Trinajstić information content (AvgIpc) is 2.31. The number of benzene rings is 1. The smallest absolute Gasteiger partial charge is 0.303 e. The third-order valence-electron chi connectivity index (χ3n) is 2.40. The van der Waals surface area contributed by atoms with Crippen LogP contribution in [-0.4, -0.2) is 35.5 Å². The highest BCUT2D eigenvalue weighted by Crippen LogP contribution is 2.17. The van der Waals surface area contributed by atoms with Crippen LogP contribution >= 0.6 is 15.9 Å². The second-order valence-corrected chi connectivity index (χ2v) is 4.71. The van der Waals surface area contributed by atoms with Crippen molar-refractivity contribution in [2.75, 3.05) is 13.6 Å². The van der Waals surface area contributed by atoms with Crippen molar-refractivity contribution in [2.24, 2.45) is 0 Å². The molecule has 0 radical (unpaired) electrons. The summed E-state index contributed by atoms with van der Waals surface area (Å²) in [6, 6.07) is 4.02. The normalized spacial score (nSPS) is 10.2. The minimum Gasteiger partial charge on any atom is -0.481 e. The van der Waals surface area contributed by atoms with Gasteiger partial charge in [-0.3, -0.25) is 9.59 Å². The Balaban J connectivity index is 2.62. The van der Waals surface area contributed by atoms with Crippen molar-refractivity contribution in [2.45, 2.75) is 12.8 Å². The quantitative estimate of drug-likeness (QED) is 0.907. The maximum atomic E-state index is 13.0. The molecule has 18 heavy (non-hydrogen) atoms. The number of hydrogen-bond acceptors (Lipinski definition) is 2. The van der Waals surface area contributed by atoms with Crippen LogP contribution in [0.25, 0.3) is 0 Å². The van der Waals surface area contributed by atoms with Gasteiger partial charge in [-0.1, -0.05) is 0 Å². The van der Waals surface area contributed by atoms with Crippen LogP contribution in [0.2, 0.25) is 0 Å². The lowest BCUT2D eigenvalue weighted by Gasteiger charge is -2.16. The Morgan fingerprint density at radius 1 is 1.44 bits per heavy atom. The van der Waals surface area contributed by atoms with Gasteiger partial charge in [0.05, 0.1) is 4.47 Å². The number of hydrogen-bond donors (Lipinski definition) is 1. The van der Waals surface area contributed by atoms with Gasteiger partial charge in [0.2, 0.25) is 0 Å². The highest BCUT2D eigenvalue weighted by Gasteiger charge is 2.13. The van der Waals surface area contributed by atoms with Gasteiger partial charge in [0.1, 0.15) is 5.82 Å². The summed E-state index contributed by atoms with van der Waals surface area (Å²) in [5.41, 5.74) is 0.362. The molecular weight excluding hydrogens is 305 g/mol. The molecule has 0 aliphatic carbocycles. The summed E-state index contributed by atoms with van der Waals surface area (Å²) >= 11 is 3.01. The molecule has 0 bridgehead atoms. The van der Waals surface area contributed by atoms with Crippen LogP contribution in [0.5, 0.6) is 0 Å². The summed E-state index contributed by atoms with van der Waals surface area (Å²) in [4.78, 5) is 23.7. The van der Waals surface area contributed by atoms with Crippen LogP contribution in [0.3, 0.4) is 0 Å². The molecule has 0 aliphatic rings. The lowest BCUT2D eigenvalue weighted by atomic mass is 10.2. The van der Waals surface area contributed by atoms with Gasteiger partial charge >= 0.3 is 5.97 Å². The first-order chi connectivity index (χ1) is 8.41. The molecular formula is C12H13BrFNO3. The largest absolute Gasteiger partial charge is 0.481 e. The summed E-state index contributed by atoms with van der Waals surface area (Å²) in [5.74, 6) is -1.58. The summed E-state index contributed by atoms with van der Waals surface area (Å²) in [6.45, 7) is 0.347. The van der Waals surface area contributed by atoms with Crippen molar-refractivity contribution < 1.29 is 19.1 Å². The van der Waals surface area contributed by atoms with Gasteiger partial charge in [0.15, 0.2) is 0 Å². The van der Waals surface area contributed by atoms with Crippen LogP contribution in [-0.2, 0) is 4.79 Å². The highest BCUT2D eigenvalue weighted by molar-refractivity contribution is 9.10. The van der Waals surface area contributed by atoms with Crippen LogP contribution < -0.4 is 0 Å². The fourth-order valence-electron chi connectivity index (χ4n) is 1.42. The molecule has 0 unspecified atom stereocenters. The lowest BCUT2D eigenvalue weighted by Crippen LogP contribution is -2.28. The van der Waals surface area contributed by atoms with E-state index in [1.165, 1.54) is 23.1 Å². The van der Waals surface area contributed by atoms with Gasteiger partial charge in [-0.15, -0.1) is 0 Å². The Morgan fingerprint density at radius 2 is 2.11 bits per heavy atom. The van der Waals surface area contributed by atoms with E-state index < -0.39 is 11.8 Å². The molecule has 4 nitrogen and oxygen atoms in total. The molecule has 98 valence electrons. The van der Waals surface area contributed by atoms with Crippen LogP contribution in [0, 0.1) is 5.82 Å². The zero-order valence-corrected chi connectivity index (χ0v) is 11.4. The molecule has 0 atom stereocenters. The standard InChI is InChI=1S/C12H13BrFNO3/c1-15(6-2-3-11(16)17)12(18)8-4-5-10(14)9(13)7-8/h4-5,7H,2-3,6H2,1H3,(H,16,17). The Bertz CT molecular complexity index is 465. The zero-order chi connectivity index (χ0) is 13.7. The number of nitrogens with zero attached hydrogens (tertiary/aromatic N) is 1. The first kappa shape index (κ1) is 14.6. The van der Waals surface area contributed by atoms with Crippen molar-refractivity contribution in [3.63, 3.8) is 0 Å². The first-order valence-electron chi connectivity index (χ1n) is 5.34. The van der Waals surface area contributed by atoms with Crippen LogP contribution in [0.4, 0.5) is 4.39 Å². The third kappa shape index (κ3) is 4.10. The molecule has 1 N–H and O–H groups in total. The van der Waals surface area contributed by atoms with Gasteiger partial charge in [-0.05, 0) is 40.5 Å². The maximum absolute atomic E-state index is 13.0. The second kappa shape index (κ2) is 6.49. The number of aliphatic carboxylic acids is 1. The van der Waals surface area contributed by atoms with E-state index in [2.05, 4.69) is 15.9 Å². The van der Waals surface area contributed by atoms with Gasteiger partial charge in [0, 0.05) is 25.6 Å². The van der Waals surface area contributed by atoms with Crippen LogP contribution in [0.1, 0.15) is 23.2 Å². The number of carbonyl (C=O) groups is 2. The van der Waals surface area contributed by atoms with E-state index in [9.17, 15) is 14.0 Å². The molecule has 0 saturated carbocycles. The lowest BCUT2D eigenvalue weighted by molar-refractivity contribution is -0.137. The molecule has 1 rings (SSSR count). The molecule has 0 aromatic heterocycles. The molecule has 0 fully saturated rings. The maximum Gasteiger partial charge on any atom is 0.303 e. The van der Waals surface area contributed by atoms with Crippen LogP contribution in [0.15, 0.2) is 22.7 Å². The monoisotopic (exact) mass is 317 g/mol. The van der Waals surface area contributed by atoms with E-state index in [-0.39, 0.29) is 16.8 Å². The minimum atomic E-state index is -0.889. The molecule has 6 heteroatoms. The van der Waals surface area contributed by atoms with E-state index in [0.717, 1.165) is 0 Å². The highest BCUT2D eigenvalue weighted by atomic mass is 79.9. The summed E-state index contributed by atoms with van der Waals surface area (Å²) < 4.78 is 13.2. The number of halogens is 2. The van der Waals surface area contributed by atoms with E-state index in [1.54, 1.807) is 7.05 Å². The van der Waals surface area contributed by atoms with Crippen molar-refractivity contribution in [1.29, 1.82) is 0 Å². The molecule has 1 aromatic rings. The fourth-order valence-corrected chi connectivity index (χ4v) is 1.80. The SMILES string of the molecule is CN(CCCC(=O)O)C(=O)c1ccc(F)c(Br)c1. The summed E-state index contributed by atoms with van der Waals surface area (Å²) in [5, 5.41) is 8.50. The van der Waals surface area contributed by atoms with Crippen molar-refractivity contribution >= 4 is 27.8 Å². The topological polar surface area (TPSA) is 57.6 Å². The number of carbonyl (C=O) groups excluding carboxylic acids is 1. The van der Waals surface area contributed by atoms with Crippen molar-refractivity contribution in [3.05, 3.63) is 34.1 Å². The third-order valence-corrected chi connectivity index (χ3v) is 3.01. The molecule has 1 amide bonds. The number of carboxylic acid groups (broad SMARTS) is 1. The van der Waals surface area contributed by atoms with E-state index in [4.69, 9.17) is 5.11 Å². The van der Waals surface area contributed by atoms with Gasteiger partial charge in [-0.2, -0.15) is 0 Å². The van der Waals surface area contributed by atoms with Gasteiger partial charge in [0.25, 0.3) is 5.91 Å². The van der Waals surface area contributed by atoms with E-state index in [0.29, 0.717) is 18.5 Å². The van der Waals surface area contributed by atoms with E-state index in [1.807, 2.05) is 0 Å². The second-order valence-electron chi connectivity index (χ2n) is 3.85. The Labute approximate surface area is 113 Å². The fraction of sp³-hybridized carbons (Fsp3) is 0.333. The minimum absolute atomic E-state index is 0.0186. The summed E-state index contributed by atoms with van der Waals surface area (Å²) in [7, 11) is 1.58. The predicted octanol–water partition coefficient (Wildman–Crippen LogP) is 2.53. The summed E-state index contributed by atoms with van der Waals surface area (Å²) in [6.07, 6.45) is 0.407. The Morgan fingerprint density at radius 3 is 2.67 bits per heavy atom. The van der Waals surface area contributed by atoms with Gasteiger partial charge in [-0.25, -0.2) is 4.39 Å². The molecule has 0 aliphatic heterocycles. The Hall–Kier alpha value is -1.43. The average molecular weight is 318 g/mol. The molecule has 0 heterocycles. The van der Waals surface area contributed by atoms with Crippen molar-refractivity contribution in [1.82, 2.24) is 4.90 Å². The van der Waals surface area contributed by atoms with Gasteiger partial charge < -0.3 is 10.0 Å². The molecule has 0 spiro atoms.